The quantitative estimate of drug-likeness (QED) is 0.302. The molecule has 0 N–H and O–H groups in total. The highest BCUT2D eigenvalue weighted by molar-refractivity contribution is 5.82. The lowest BCUT2D eigenvalue weighted by molar-refractivity contribution is -0.144. The lowest BCUT2D eigenvalue weighted by Gasteiger charge is -2.38. The SMILES string of the molecule is CCCCC(CCCN1CCC(=CC(=O)OCC)CC1)N1CCC(CC(=O)OCC)CC1. The molecule has 0 aromatic rings. The van der Waals surface area contributed by atoms with Crippen LogP contribution in [0.2, 0.25) is 0 Å². The van der Waals surface area contributed by atoms with E-state index in [1.54, 1.807) is 6.08 Å². The van der Waals surface area contributed by atoms with E-state index < -0.39 is 0 Å². The molecule has 0 saturated carbocycles. The van der Waals surface area contributed by atoms with Crippen molar-refractivity contribution in [3.8, 4) is 0 Å². The molecule has 2 heterocycles. The Hall–Kier alpha value is -1.40. The van der Waals surface area contributed by atoms with Gasteiger partial charge in [0.15, 0.2) is 0 Å². The van der Waals surface area contributed by atoms with Gasteiger partial charge in [-0.15, -0.1) is 0 Å². The number of likely N-dealkylation sites (tertiary alicyclic amines) is 2. The fourth-order valence-electron chi connectivity index (χ4n) is 5.04. The van der Waals surface area contributed by atoms with Crippen molar-refractivity contribution in [3.63, 3.8) is 0 Å². The molecule has 32 heavy (non-hydrogen) atoms. The molecule has 2 fully saturated rings. The molecule has 0 amide bonds. The molecular weight excluding hydrogens is 404 g/mol. The smallest absolute Gasteiger partial charge is 0.330 e. The van der Waals surface area contributed by atoms with Crippen LogP contribution in [-0.2, 0) is 19.1 Å². The Morgan fingerprint density at radius 2 is 1.62 bits per heavy atom. The zero-order chi connectivity index (χ0) is 23.2. The van der Waals surface area contributed by atoms with Gasteiger partial charge in [-0.05, 0) is 84.3 Å². The highest BCUT2D eigenvalue weighted by Crippen LogP contribution is 2.26. The Balaban J connectivity index is 1.71. The van der Waals surface area contributed by atoms with Crippen molar-refractivity contribution in [2.45, 2.75) is 91.0 Å². The van der Waals surface area contributed by atoms with E-state index in [9.17, 15) is 9.59 Å². The molecule has 1 atom stereocenters. The van der Waals surface area contributed by atoms with E-state index in [4.69, 9.17) is 9.47 Å². The van der Waals surface area contributed by atoms with Crippen molar-refractivity contribution >= 4 is 11.9 Å². The van der Waals surface area contributed by atoms with Gasteiger partial charge in [0.05, 0.1) is 13.2 Å². The predicted octanol–water partition coefficient (Wildman–Crippen LogP) is 4.58. The van der Waals surface area contributed by atoms with Gasteiger partial charge in [0.1, 0.15) is 0 Å². The first-order valence-electron chi connectivity index (χ1n) is 13.0. The highest BCUT2D eigenvalue weighted by atomic mass is 16.5. The van der Waals surface area contributed by atoms with E-state index in [0.717, 1.165) is 58.4 Å². The standard InChI is InChI=1S/C26H46N2O4/c1-4-7-9-24(28-18-13-23(14-19-28)21-26(30)32-6-3)10-8-15-27-16-11-22(12-17-27)20-25(29)31-5-2/h20,23-24H,4-19,21H2,1-3H3. The Morgan fingerprint density at radius 3 is 2.25 bits per heavy atom. The van der Waals surface area contributed by atoms with Crippen molar-refractivity contribution < 1.29 is 19.1 Å². The average Bonchev–Trinajstić information content (AvgIpc) is 2.78. The Morgan fingerprint density at radius 1 is 0.969 bits per heavy atom. The third-order valence-corrected chi connectivity index (χ3v) is 6.94. The second-order valence-electron chi connectivity index (χ2n) is 9.32. The third-order valence-electron chi connectivity index (χ3n) is 6.94. The van der Waals surface area contributed by atoms with E-state index in [-0.39, 0.29) is 11.9 Å². The van der Waals surface area contributed by atoms with Crippen LogP contribution in [-0.4, -0.2) is 73.7 Å². The first-order chi connectivity index (χ1) is 15.5. The minimum absolute atomic E-state index is 0.0322. The number of carbonyl (C=O) groups excluding carboxylic acids is 2. The number of hydrogen-bond donors (Lipinski definition) is 0. The molecule has 184 valence electrons. The molecule has 0 spiro atoms. The molecule has 2 saturated heterocycles. The van der Waals surface area contributed by atoms with Gasteiger partial charge in [0, 0.05) is 31.6 Å². The molecule has 0 aromatic heterocycles. The van der Waals surface area contributed by atoms with Gasteiger partial charge in [-0.1, -0.05) is 25.3 Å². The molecule has 0 bridgehead atoms. The van der Waals surface area contributed by atoms with E-state index in [1.165, 1.54) is 37.7 Å². The van der Waals surface area contributed by atoms with Gasteiger partial charge in [-0.25, -0.2) is 4.79 Å². The second kappa shape index (κ2) is 15.4. The average molecular weight is 451 g/mol. The number of hydrogen-bond acceptors (Lipinski definition) is 6. The minimum Gasteiger partial charge on any atom is -0.466 e. The van der Waals surface area contributed by atoms with Crippen molar-refractivity contribution in [2.24, 2.45) is 5.92 Å². The third kappa shape index (κ3) is 10.0. The topological polar surface area (TPSA) is 59.1 Å². The Labute approximate surface area is 195 Å². The summed E-state index contributed by atoms with van der Waals surface area (Å²) in [6.07, 6.45) is 12.8. The molecule has 1 unspecified atom stereocenters. The fraction of sp³-hybridized carbons (Fsp3) is 0.846. The lowest BCUT2D eigenvalue weighted by Crippen LogP contribution is -2.42. The van der Waals surface area contributed by atoms with Gasteiger partial charge in [0.2, 0.25) is 0 Å². The summed E-state index contributed by atoms with van der Waals surface area (Å²) in [7, 11) is 0. The van der Waals surface area contributed by atoms with Crippen LogP contribution in [0.1, 0.15) is 85.0 Å². The van der Waals surface area contributed by atoms with E-state index >= 15 is 0 Å². The molecule has 2 rings (SSSR count). The van der Waals surface area contributed by atoms with Crippen LogP contribution in [0, 0.1) is 5.92 Å². The van der Waals surface area contributed by atoms with Crippen LogP contribution in [0.4, 0.5) is 0 Å². The van der Waals surface area contributed by atoms with E-state index in [2.05, 4.69) is 16.7 Å². The number of unbranched alkanes of at least 4 members (excludes halogenated alkanes) is 1. The molecular formula is C26H46N2O4. The van der Waals surface area contributed by atoms with Crippen LogP contribution < -0.4 is 0 Å². The summed E-state index contributed by atoms with van der Waals surface area (Å²) in [4.78, 5) is 28.7. The zero-order valence-corrected chi connectivity index (χ0v) is 20.8. The summed E-state index contributed by atoms with van der Waals surface area (Å²) in [6, 6.07) is 0.669. The first-order valence-corrected chi connectivity index (χ1v) is 13.0. The summed E-state index contributed by atoms with van der Waals surface area (Å²) in [5.74, 6) is 0.262. The summed E-state index contributed by atoms with van der Waals surface area (Å²) in [5, 5.41) is 0. The fourth-order valence-corrected chi connectivity index (χ4v) is 5.04. The molecule has 2 aliphatic rings. The van der Waals surface area contributed by atoms with Gasteiger partial charge in [-0.2, -0.15) is 0 Å². The summed E-state index contributed by atoms with van der Waals surface area (Å²) < 4.78 is 10.2. The van der Waals surface area contributed by atoms with Crippen LogP contribution in [0.5, 0.6) is 0 Å². The minimum atomic E-state index is -0.194. The number of nitrogens with zero attached hydrogens (tertiary/aromatic N) is 2. The van der Waals surface area contributed by atoms with Gasteiger partial charge in [-0.3, -0.25) is 4.79 Å². The molecule has 2 aliphatic heterocycles. The van der Waals surface area contributed by atoms with Gasteiger partial charge < -0.3 is 19.3 Å². The van der Waals surface area contributed by atoms with Crippen molar-refractivity contribution in [2.75, 3.05) is 45.9 Å². The molecule has 0 aromatic carbocycles. The molecule has 6 nitrogen and oxygen atoms in total. The largest absolute Gasteiger partial charge is 0.466 e. The van der Waals surface area contributed by atoms with Gasteiger partial charge in [0.25, 0.3) is 0 Å². The number of carbonyl (C=O) groups is 2. The highest BCUT2D eigenvalue weighted by Gasteiger charge is 2.26. The van der Waals surface area contributed by atoms with E-state index in [0.29, 0.717) is 31.6 Å². The van der Waals surface area contributed by atoms with Crippen LogP contribution in [0.25, 0.3) is 0 Å². The molecule has 0 radical (unpaired) electrons. The van der Waals surface area contributed by atoms with Crippen molar-refractivity contribution in [1.82, 2.24) is 9.80 Å². The lowest BCUT2D eigenvalue weighted by atomic mass is 9.91. The van der Waals surface area contributed by atoms with Gasteiger partial charge >= 0.3 is 11.9 Å². The summed E-state index contributed by atoms with van der Waals surface area (Å²) in [5.41, 5.74) is 1.23. The molecule has 0 aliphatic carbocycles. The molecule has 6 heteroatoms. The van der Waals surface area contributed by atoms with Crippen LogP contribution in [0.15, 0.2) is 11.6 Å². The van der Waals surface area contributed by atoms with Crippen LogP contribution in [0.3, 0.4) is 0 Å². The normalized spacial score (nSPS) is 19.5. The van der Waals surface area contributed by atoms with Crippen molar-refractivity contribution in [1.29, 1.82) is 0 Å². The van der Waals surface area contributed by atoms with E-state index in [1.807, 2.05) is 13.8 Å². The maximum atomic E-state index is 11.8. The predicted molar refractivity (Wildman–Crippen MR) is 128 cm³/mol. The van der Waals surface area contributed by atoms with Crippen molar-refractivity contribution in [3.05, 3.63) is 11.6 Å². The number of rotatable bonds is 13. The summed E-state index contributed by atoms with van der Waals surface area (Å²) in [6.45, 7) is 12.4. The number of piperidine rings is 2. The maximum Gasteiger partial charge on any atom is 0.330 e. The monoisotopic (exact) mass is 450 g/mol. The first kappa shape index (κ1) is 26.8. The van der Waals surface area contributed by atoms with Crippen LogP contribution >= 0.6 is 0 Å². The maximum absolute atomic E-state index is 11.8. The number of ether oxygens (including phenoxy) is 2. The Kier molecular flexibility index (Phi) is 13.0. The zero-order valence-electron chi connectivity index (χ0n) is 20.8. The summed E-state index contributed by atoms with van der Waals surface area (Å²) >= 11 is 0. The Bertz CT molecular complexity index is 574. The second-order valence-corrected chi connectivity index (χ2v) is 9.32. The number of esters is 2.